The van der Waals surface area contributed by atoms with Gasteiger partial charge >= 0.3 is 5.97 Å². The maximum atomic E-state index is 12.5. The topological polar surface area (TPSA) is 59.8 Å². The van der Waals surface area contributed by atoms with Gasteiger partial charge in [0.2, 0.25) is 0 Å². The van der Waals surface area contributed by atoms with E-state index >= 15 is 0 Å². The highest BCUT2D eigenvalue weighted by Gasteiger charge is 2.34. The number of hydrogen-bond donors (Lipinski definition) is 0. The van der Waals surface area contributed by atoms with Crippen molar-refractivity contribution in [2.24, 2.45) is 0 Å². The molecule has 1 atom stereocenters. The summed E-state index contributed by atoms with van der Waals surface area (Å²) in [5.74, 6) is 0.805. The van der Waals surface area contributed by atoms with E-state index in [1.165, 1.54) is 7.11 Å². The third-order valence-electron chi connectivity index (χ3n) is 3.51. The minimum atomic E-state index is -0.471. The van der Waals surface area contributed by atoms with Gasteiger partial charge in [0.15, 0.2) is 0 Å². The number of piperidine rings is 1. The Labute approximate surface area is 112 Å². The predicted octanol–water partition coefficient (Wildman–Crippen LogP) is 2.06. The molecule has 0 aliphatic carbocycles. The van der Waals surface area contributed by atoms with Crippen molar-refractivity contribution in [2.45, 2.75) is 39.2 Å². The van der Waals surface area contributed by atoms with E-state index in [1.54, 1.807) is 24.8 Å². The lowest BCUT2D eigenvalue weighted by Crippen LogP contribution is -2.48. The predicted molar refractivity (Wildman–Crippen MR) is 68.9 cm³/mol. The van der Waals surface area contributed by atoms with Crippen molar-refractivity contribution in [1.82, 2.24) is 4.90 Å². The lowest BCUT2D eigenvalue weighted by Gasteiger charge is -2.33. The molecule has 0 saturated carbocycles. The van der Waals surface area contributed by atoms with Crippen LogP contribution in [0.2, 0.25) is 0 Å². The summed E-state index contributed by atoms with van der Waals surface area (Å²) < 4.78 is 10.2. The highest BCUT2D eigenvalue weighted by atomic mass is 16.5. The van der Waals surface area contributed by atoms with E-state index in [0.717, 1.165) is 12.8 Å². The molecule has 0 unspecified atom stereocenters. The molecule has 1 aliphatic rings. The Morgan fingerprint density at radius 2 is 2.11 bits per heavy atom. The largest absolute Gasteiger partial charge is 0.467 e. The SMILES string of the molecule is COC(=O)[C@H]1CCCCN1C(=O)c1cc(C)oc1C. The molecule has 1 saturated heterocycles. The molecule has 1 aromatic heterocycles. The van der Waals surface area contributed by atoms with Crippen molar-refractivity contribution in [1.29, 1.82) is 0 Å². The molecule has 0 radical (unpaired) electrons. The van der Waals surface area contributed by atoms with Crippen molar-refractivity contribution < 1.29 is 18.7 Å². The summed E-state index contributed by atoms with van der Waals surface area (Å²) in [6, 6.07) is 1.25. The summed E-state index contributed by atoms with van der Waals surface area (Å²) in [5.41, 5.74) is 0.535. The van der Waals surface area contributed by atoms with Crippen LogP contribution < -0.4 is 0 Å². The van der Waals surface area contributed by atoms with Gasteiger partial charge in [-0.25, -0.2) is 4.79 Å². The Hall–Kier alpha value is -1.78. The minimum Gasteiger partial charge on any atom is -0.467 e. The van der Waals surface area contributed by atoms with Gasteiger partial charge in [-0.2, -0.15) is 0 Å². The van der Waals surface area contributed by atoms with Crippen molar-refractivity contribution in [3.8, 4) is 0 Å². The Morgan fingerprint density at radius 1 is 1.37 bits per heavy atom. The van der Waals surface area contributed by atoms with Crippen LogP contribution in [0.1, 0.15) is 41.1 Å². The summed E-state index contributed by atoms with van der Waals surface area (Å²) in [7, 11) is 1.35. The lowest BCUT2D eigenvalue weighted by molar-refractivity contribution is -0.147. The van der Waals surface area contributed by atoms with Crippen molar-refractivity contribution in [3.63, 3.8) is 0 Å². The summed E-state index contributed by atoms with van der Waals surface area (Å²) in [4.78, 5) is 25.9. The second kappa shape index (κ2) is 5.47. The van der Waals surface area contributed by atoms with Crippen molar-refractivity contribution in [2.75, 3.05) is 13.7 Å². The second-order valence-corrected chi connectivity index (χ2v) is 4.86. The number of methoxy groups -OCH3 is 1. The molecule has 5 nitrogen and oxygen atoms in total. The maximum Gasteiger partial charge on any atom is 0.328 e. The van der Waals surface area contributed by atoms with E-state index in [4.69, 9.17) is 9.15 Å². The molecule has 2 heterocycles. The lowest BCUT2D eigenvalue weighted by atomic mass is 10.0. The number of carbonyl (C=O) groups is 2. The van der Waals surface area contributed by atoms with Crippen LogP contribution in [0.15, 0.2) is 10.5 Å². The summed E-state index contributed by atoms with van der Waals surface area (Å²) >= 11 is 0. The van der Waals surface area contributed by atoms with Crippen LogP contribution >= 0.6 is 0 Å². The summed E-state index contributed by atoms with van der Waals surface area (Å²) in [6.45, 7) is 4.15. The number of hydrogen-bond acceptors (Lipinski definition) is 4. The number of amides is 1. The quantitative estimate of drug-likeness (QED) is 0.768. The van der Waals surface area contributed by atoms with Gasteiger partial charge in [0.25, 0.3) is 5.91 Å². The third kappa shape index (κ3) is 2.64. The zero-order valence-corrected chi connectivity index (χ0v) is 11.6. The number of rotatable bonds is 2. The summed E-state index contributed by atoms with van der Waals surface area (Å²) in [5, 5.41) is 0. The van der Waals surface area contributed by atoms with Crippen LogP contribution in [0, 0.1) is 13.8 Å². The van der Waals surface area contributed by atoms with Gasteiger partial charge in [-0.15, -0.1) is 0 Å². The number of ether oxygens (including phenoxy) is 1. The number of aryl methyl sites for hydroxylation is 2. The van der Waals surface area contributed by atoms with Gasteiger partial charge in [-0.1, -0.05) is 0 Å². The van der Waals surface area contributed by atoms with E-state index in [1.807, 2.05) is 0 Å². The smallest absolute Gasteiger partial charge is 0.328 e. The maximum absolute atomic E-state index is 12.5. The average Bonchev–Trinajstić information content (AvgIpc) is 2.76. The number of nitrogens with zero attached hydrogens (tertiary/aromatic N) is 1. The van der Waals surface area contributed by atoms with Crippen LogP contribution in [0.4, 0.5) is 0 Å². The first-order chi connectivity index (χ1) is 9.04. The van der Waals surface area contributed by atoms with E-state index in [2.05, 4.69) is 0 Å². The minimum absolute atomic E-state index is 0.149. The molecule has 1 amide bonds. The van der Waals surface area contributed by atoms with E-state index < -0.39 is 6.04 Å². The van der Waals surface area contributed by atoms with Gasteiger partial charge < -0.3 is 14.1 Å². The monoisotopic (exact) mass is 265 g/mol. The Morgan fingerprint density at radius 3 is 2.68 bits per heavy atom. The Kier molecular flexibility index (Phi) is 3.93. The van der Waals surface area contributed by atoms with Crippen LogP contribution in [0.5, 0.6) is 0 Å². The first-order valence-corrected chi connectivity index (χ1v) is 6.50. The van der Waals surface area contributed by atoms with Gasteiger partial charge in [0, 0.05) is 6.54 Å². The second-order valence-electron chi connectivity index (χ2n) is 4.86. The molecule has 1 aromatic rings. The number of furan rings is 1. The molecular formula is C14H19NO4. The standard InChI is InChI=1S/C14H19NO4/c1-9-8-11(10(2)19-9)13(16)15-7-5-4-6-12(15)14(17)18-3/h8,12H,4-7H2,1-3H3/t12-/m1/s1. The molecule has 2 rings (SSSR count). The Bertz CT molecular complexity index is 492. The number of carbonyl (C=O) groups excluding carboxylic acids is 2. The highest BCUT2D eigenvalue weighted by molar-refractivity contribution is 5.97. The highest BCUT2D eigenvalue weighted by Crippen LogP contribution is 2.23. The van der Waals surface area contributed by atoms with Gasteiger partial charge in [-0.05, 0) is 39.2 Å². The summed E-state index contributed by atoms with van der Waals surface area (Å²) in [6.07, 6.45) is 2.51. The van der Waals surface area contributed by atoms with Crippen molar-refractivity contribution >= 4 is 11.9 Å². The molecule has 1 aliphatic heterocycles. The fraction of sp³-hybridized carbons (Fsp3) is 0.571. The van der Waals surface area contributed by atoms with Crippen LogP contribution in [0.3, 0.4) is 0 Å². The zero-order chi connectivity index (χ0) is 14.0. The zero-order valence-electron chi connectivity index (χ0n) is 11.6. The molecule has 1 fully saturated rings. The Balaban J connectivity index is 2.25. The van der Waals surface area contributed by atoms with E-state index in [0.29, 0.717) is 30.0 Å². The van der Waals surface area contributed by atoms with Crippen LogP contribution in [-0.2, 0) is 9.53 Å². The normalized spacial score (nSPS) is 19.3. The molecule has 19 heavy (non-hydrogen) atoms. The molecule has 5 heteroatoms. The fourth-order valence-electron chi connectivity index (χ4n) is 2.55. The molecule has 104 valence electrons. The first kappa shape index (κ1) is 13.6. The van der Waals surface area contributed by atoms with Crippen LogP contribution in [-0.4, -0.2) is 36.5 Å². The molecule has 0 bridgehead atoms. The number of esters is 1. The van der Waals surface area contributed by atoms with E-state index in [9.17, 15) is 9.59 Å². The fourth-order valence-corrected chi connectivity index (χ4v) is 2.55. The molecule has 0 aromatic carbocycles. The van der Waals surface area contributed by atoms with Gasteiger partial charge in [-0.3, -0.25) is 4.79 Å². The average molecular weight is 265 g/mol. The van der Waals surface area contributed by atoms with Crippen LogP contribution in [0.25, 0.3) is 0 Å². The number of likely N-dealkylation sites (tertiary alicyclic amines) is 1. The molecule has 0 N–H and O–H groups in total. The van der Waals surface area contributed by atoms with Crippen molar-refractivity contribution in [3.05, 3.63) is 23.2 Å². The first-order valence-electron chi connectivity index (χ1n) is 6.50. The van der Waals surface area contributed by atoms with Gasteiger partial charge in [0.05, 0.1) is 12.7 Å². The van der Waals surface area contributed by atoms with Gasteiger partial charge in [0.1, 0.15) is 17.6 Å². The third-order valence-corrected chi connectivity index (χ3v) is 3.51. The van der Waals surface area contributed by atoms with E-state index in [-0.39, 0.29) is 11.9 Å². The molecule has 0 spiro atoms. The molecular weight excluding hydrogens is 246 g/mol.